The highest BCUT2D eigenvalue weighted by molar-refractivity contribution is 5.98. The van der Waals surface area contributed by atoms with E-state index in [1.165, 1.54) is 0 Å². The van der Waals surface area contributed by atoms with Crippen LogP contribution in [0.2, 0.25) is 0 Å². The molecule has 1 amide bonds. The van der Waals surface area contributed by atoms with Crippen LogP contribution in [0, 0.1) is 0 Å². The van der Waals surface area contributed by atoms with Gasteiger partial charge in [-0.25, -0.2) is 0 Å². The third kappa shape index (κ3) is 4.57. The zero-order chi connectivity index (χ0) is 17.8. The zero-order valence-corrected chi connectivity index (χ0v) is 15.1. The van der Waals surface area contributed by atoms with Gasteiger partial charge in [-0.2, -0.15) is 0 Å². The Morgan fingerprint density at radius 1 is 1.12 bits per heavy atom. The second kappa shape index (κ2) is 7.95. The molecule has 5 heteroatoms. The Morgan fingerprint density at radius 3 is 2.52 bits per heavy atom. The number of hydrogen-bond donors (Lipinski definition) is 1. The monoisotopic (exact) mass is 341 g/mol. The highest BCUT2D eigenvalue weighted by atomic mass is 16.3. The van der Waals surface area contributed by atoms with Gasteiger partial charge in [-0.3, -0.25) is 9.69 Å². The van der Waals surface area contributed by atoms with Gasteiger partial charge in [0, 0.05) is 51.9 Å². The second-order valence-corrected chi connectivity index (χ2v) is 7.01. The number of nitrogens with zero attached hydrogens (tertiary/aromatic N) is 3. The van der Waals surface area contributed by atoms with E-state index < -0.39 is 6.10 Å². The van der Waals surface area contributed by atoms with E-state index in [2.05, 4.69) is 16.8 Å². The van der Waals surface area contributed by atoms with Crippen molar-refractivity contribution in [2.75, 3.05) is 53.4 Å². The van der Waals surface area contributed by atoms with Crippen molar-refractivity contribution < 1.29 is 9.90 Å². The van der Waals surface area contributed by atoms with E-state index in [4.69, 9.17) is 0 Å². The number of rotatable bonds is 5. The van der Waals surface area contributed by atoms with Gasteiger partial charge in [0.15, 0.2) is 0 Å². The number of aliphatic hydroxyl groups excluding tert-OH is 1. The van der Waals surface area contributed by atoms with Gasteiger partial charge < -0.3 is 14.9 Å². The third-order valence-corrected chi connectivity index (χ3v) is 4.89. The number of likely N-dealkylation sites (N-methyl/N-ethyl adjacent to an activating group) is 2. The molecule has 0 saturated carbocycles. The predicted molar refractivity (Wildman–Crippen MR) is 101 cm³/mol. The lowest BCUT2D eigenvalue weighted by Crippen LogP contribution is -2.49. The molecule has 5 nitrogen and oxygen atoms in total. The molecule has 2 aromatic carbocycles. The van der Waals surface area contributed by atoms with E-state index in [9.17, 15) is 9.90 Å². The molecular weight excluding hydrogens is 314 g/mol. The highest BCUT2D eigenvalue weighted by Crippen LogP contribution is 2.16. The number of hydrogen-bond acceptors (Lipinski definition) is 4. The molecule has 1 atom stereocenters. The van der Waals surface area contributed by atoms with E-state index in [1.54, 1.807) is 11.9 Å². The molecule has 0 aliphatic carbocycles. The van der Waals surface area contributed by atoms with Crippen LogP contribution in [0.4, 0.5) is 0 Å². The summed E-state index contributed by atoms with van der Waals surface area (Å²) in [6, 6.07) is 13.7. The first-order valence-electron chi connectivity index (χ1n) is 8.86. The number of fused-ring (bicyclic) bond motifs is 1. The van der Waals surface area contributed by atoms with Gasteiger partial charge in [-0.05, 0) is 30.0 Å². The number of β-amino-alcohol motifs (C(OH)–C–C–N with tert-alkyl or cyclic N) is 1. The molecule has 25 heavy (non-hydrogen) atoms. The molecule has 134 valence electrons. The van der Waals surface area contributed by atoms with E-state index >= 15 is 0 Å². The van der Waals surface area contributed by atoms with Gasteiger partial charge in [-0.15, -0.1) is 0 Å². The van der Waals surface area contributed by atoms with Crippen molar-refractivity contribution in [1.82, 2.24) is 14.7 Å². The first kappa shape index (κ1) is 17.9. The standard InChI is InChI=1S/C20H27N3O2/c1-21-9-11-23(12-10-21)15-19(24)14-22(2)20(25)18-8-7-16-5-3-4-6-17(16)13-18/h3-8,13,19,24H,9-12,14-15H2,1-2H3. The lowest BCUT2D eigenvalue weighted by molar-refractivity contribution is 0.0502. The maximum absolute atomic E-state index is 12.7. The first-order chi connectivity index (χ1) is 12.0. The molecule has 1 aliphatic rings. The van der Waals surface area contributed by atoms with Crippen LogP contribution < -0.4 is 0 Å². The van der Waals surface area contributed by atoms with Crippen LogP contribution >= 0.6 is 0 Å². The molecule has 1 fully saturated rings. The topological polar surface area (TPSA) is 47.0 Å². The molecule has 0 bridgehead atoms. The number of benzene rings is 2. The summed E-state index contributed by atoms with van der Waals surface area (Å²) in [4.78, 5) is 18.8. The van der Waals surface area contributed by atoms with Crippen molar-refractivity contribution in [2.45, 2.75) is 6.10 Å². The van der Waals surface area contributed by atoms with Crippen LogP contribution in [-0.2, 0) is 0 Å². The van der Waals surface area contributed by atoms with E-state index in [-0.39, 0.29) is 5.91 Å². The van der Waals surface area contributed by atoms with Crippen LogP contribution in [0.15, 0.2) is 42.5 Å². The summed E-state index contributed by atoms with van der Waals surface area (Å²) in [7, 11) is 3.87. The third-order valence-electron chi connectivity index (χ3n) is 4.89. The molecule has 0 radical (unpaired) electrons. The summed E-state index contributed by atoms with van der Waals surface area (Å²) in [5, 5.41) is 12.5. The Balaban J connectivity index is 1.57. The maximum Gasteiger partial charge on any atom is 0.253 e. The van der Waals surface area contributed by atoms with Crippen molar-refractivity contribution in [3.8, 4) is 0 Å². The lowest BCUT2D eigenvalue weighted by Gasteiger charge is -2.34. The van der Waals surface area contributed by atoms with Crippen LogP contribution in [0.3, 0.4) is 0 Å². The van der Waals surface area contributed by atoms with Crippen molar-refractivity contribution in [2.24, 2.45) is 0 Å². The smallest absolute Gasteiger partial charge is 0.253 e. The minimum Gasteiger partial charge on any atom is -0.390 e. The molecule has 1 saturated heterocycles. The largest absolute Gasteiger partial charge is 0.390 e. The highest BCUT2D eigenvalue weighted by Gasteiger charge is 2.20. The minimum atomic E-state index is -0.530. The van der Waals surface area contributed by atoms with Gasteiger partial charge in [0.2, 0.25) is 0 Å². The van der Waals surface area contributed by atoms with Gasteiger partial charge in [0.05, 0.1) is 6.10 Å². The molecule has 0 aromatic heterocycles. The van der Waals surface area contributed by atoms with Crippen molar-refractivity contribution in [1.29, 1.82) is 0 Å². The number of aliphatic hydroxyl groups is 1. The average molecular weight is 341 g/mol. The Morgan fingerprint density at radius 2 is 1.80 bits per heavy atom. The number of carbonyl (C=O) groups is 1. The summed E-state index contributed by atoms with van der Waals surface area (Å²) < 4.78 is 0. The van der Waals surface area contributed by atoms with Crippen molar-refractivity contribution in [3.63, 3.8) is 0 Å². The molecule has 3 rings (SSSR count). The van der Waals surface area contributed by atoms with Gasteiger partial charge in [0.25, 0.3) is 5.91 Å². The lowest BCUT2D eigenvalue weighted by atomic mass is 10.1. The quantitative estimate of drug-likeness (QED) is 0.896. The van der Waals surface area contributed by atoms with Crippen LogP contribution in [0.1, 0.15) is 10.4 Å². The normalized spacial score (nSPS) is 17.6. The first-order valence-corrected chi connectivity index (χ1v) is 8.86. The fraction of sp³-hybridized carbons (Fsp3) is 0.450. The Kier molecular flexibility index (Phi) is 5.68. The van der Waals surface area contributed by atoms with E-state index in [1.807, 2.05) is 42.5 Å². The molecule has 1 heterocycles. The molecular formula is C20H27N3O2. The minimum absolute atomic E-state index is 0.0526. The summed E-state index contributed by atoms with van der Waals surface area (Å²) in [6.45, 7) is 4.95. The SMILES string of the molecule is CN1CCN(CC(O)CN(C)C(=O)c2ccc3ccccc3c2)CC1. The number of carbonyl (C=O) groups excluding carboxylic acids is 1. The molecule has 1 unspecified atom stereocenters. The Labute approximate surface area is 149 Å². The number of piperazine rings is 1. The summed E-state index contributed by atoms with van der Waals surface area (Å²) >= 11 is 0. The maximum atomic E-state index is 12.7. The fourth-order valence-corrected chi connectivity index (χ4v) is 3.33. The molecule has 1 N–H and O–H groups in total. The van der Waals surface area contributed by atoms with Gasteiger partial charge in [-0.1, -0.05) is 30.3 Å². The predicted octanol–water partition coefficient (Wildman–Crippen LogP) is 1.52. The van der Waals surface area contributed by atoms with Gasteiger partial charge >= 0.3 is 0 Å². The molecule has 1 aliphatic heterocycles. The Bertz CT molecular complexity index is 726. The number of amides is 1. The second-order valence-electron chi connectivity index (χ2n) is 7.01. The molecule has 0 spiro atoms. The van der Waals surface area contributed by atoms with Gasteiger partial charge in [0.1, 0.15) is 0 Å². The van der Waals surface area contributed by atoms with Crippen molar-refractivity contribution >= 4 is 16.7 Å². The van der Waals surface area contributed by atoms with Crippen LogP contribution in [-0.4, -0.2) is 85.2 Å². The van der Waals surface area contributed by atoms with Crippen LogP contribution in [0.5, 0.6) is 0 Å². The Hall–Kier alpha value is -1.95. The summed E-state index contributed by atoms with van der Waals surface area (Å²) in [6.07, 6.45) is -0.530. The van der Waals surface area contributed by atoms with E-state index in [0.29, 0.717) is 18.7 Å². The van der Waals surface area contributed by atoms with Crippen LogP contribution in [0.25, 0.3) is 10.8 Å². The fourth-order valence-electron chi connectivity index (χ4n) is 3.33. The zero-order valence-electron chi connectivity index (χ0n) is 15.1. The summed E-state index contributed by atoms with van der Waals surface area (Å²) in [5.41, 5.74) is 0.660. The average Bonchev–Trinajstić information content (AvgIpc) is 2.62. The van der Waals surface area contributed by atoms with E-state index in [0.717, 1.165) is 37.0 Å². The summed E-state index contributed by atoms with van der Waals surface area (Å²) in [5.74, 6) is -0.0526. The molecule has 2 aromatic rings. The van der Waals surface area contributed by atoms with Crippen molar-refractivity contribution in [3.05, 3.63) is 48.0 Å².